The van der Waals surface area contributed by atoms with Crippen LogP contribution in [0.3, 0.4) is 0 Å². The van der Waals surface area contributed by atoms with Gasteiger partial charge in [-0.05, 0) is 44.2 Å². The molecule has 0 atom stereocenters. The molecule has 0 radical (unpaired) electrons. The third-order valence-electron chi connectivity index (χ3n) is 5.47. The number of para-hydroxylation sites is 1. The first-order valence-corrected chi connectivity index (χ1v) is 9.40. The average Bonchev–Trinajstić information content (AvgIpc) is 3.06. The lowest BCUT2D eigenvalue weighted by Gasteiger charge is -2.35. The molecule has 2 aromatic rings. The number of benzene rings is 1. The summed E-state index contributed by atoms with van der Waals surface area (Å²) in [6, 6.07) is 6.11. The van der Waals surface area contributed by atoms with Crippen LogP contribution in [0.2, 0.25) is 0 Å². The van der Waals surface area contributed by atoms with E-state index in [1.54, 1.807) is 0 Å². The van der Waals surface area contributed by atoms with Gasteiger partial charge in [0.2, 0.25) is 0 Å². The summed E-state index contributed by atoms with van der Waals surface area (Å²) < 4.78 is 1.97. The largest absolute Gasteiger partial charge is 0.388 e. The molecule has 1 fully saturated rings. The summed E-state index contributed by atoms with van der Waals surface area (Å²) in [4.78, 5) is 12.7. The highest BCUT2D eigenvalue weighted by molar-refractivity contribution is 6.00. The van der Waals surface area contributed by atoms with E-state index < -0.39 is 0 Å². The van der Waals surface area contributed by atoms with Crippen LogP contribution < -0.4 is 10.6 Å². The van der Waals surface area contributed by atoms with Gasteiger partial charge in [-0.2, -0.15) is 0 Å². The van der Waals surface area contributed by atoms with Gasteiger partial charge in [0.1, 0.15) is 12.4 Å². The highest BCUT2D eigenvalue weighted by Crippen LogP contribution is 2.36. The van der Waals surface area contributed by atoms with Crippen molar-refractivity contribution in [1.29, 1.82) is 0 Å². The van der Waals surface area contributed by atoms with Crippen LogP contribution >= 0.6 is 0 Å². The number of carbonyl (C=O) groups excluding carboxylic acids is 1. The molecule has 0 unspecified atom stereocenters. The fourth-order valence-electron chi connectivity index (χ4n) is 4.02. The Balaban J connectivity index is 1.40. The number of aliphatic hydroxyl groups excluding tert-OH is 1. The molecule has 7 heteroatoms. The van der Waals surface area contributed by atoms with E-state index in [4.69, 9.17) is 0 Å². The molecule has 1 amide bonds. The molecule has 0 saturated heterocycles. The molecule has 3 N–H and O–H groups in total. The van der Waals surface area contributed by atoms with Crippen LogP contribution in [0.25, 0.3) is 0 Å². The molecule has 1 aliphatic heterocycles. The topological polar surface area (TPSA) is 92.1 Å². The predicted octanol–water partition coefficient (Wildman–Crippen LogP) is 1.82. The lowest BCUT2D eigenvalue weighted by Crippen LogP contribution is -2.44. The smallest absolute Gasteiger partial charge is 0.253 e. The Morgan fingerprint density at radius 3 is 3.00 bits per heavy atom. The van der Waals surface area contributed by atoms with Gasteiger partial charge >= 0.3 is 0 Å². The quantitative estimate of drug-likeness (QED) is 0.761. The molecule has 1 aromatic carbocycles. The second-order valence-electron chi connectivity index (χ2n) is 7.09. The summed E-state index contributed by atoms with van der Waals surface area (Å²) in [6.07, 6.45) is 3.85. The van der Waals surface area contributed by atoms with Crippen molar-refractivity contribution in [3.63, 3.8) is 0 Å². The maximum atomic E-state index is 12.7. The molecule has 0 bridgehead atoms. The van der Waals surface area contributed by atoms with Gasteiger partial charge in [-0.3, -0.25) is 4.79 Å². The normalized spacial score (nSPS) is 21.5. The number of nitrogens with zero attached hydrogens (tertiary/aromatic N) is 3. The van der Waals surface area contributed by atoms with Crippen molar-refractivity contribution in [2.75, 3.05) is 11.9 Å². The zero-order valence-corrected chi connectivity index (χ0v) is 15.0. The first-order chi connectivity index (χ1) is 12.7. The maximum absolute atomic E-state index is 12.7. The minimum absolute atomic E-state index is 0.00675. The predicted molar refractivity (Wildman–Crippen MR) is 98.1 cm³/mol. The Labute approximate surface area is 152 Å². The maximum Gasteiger partial charge on any atom is 0.253 e. The Morgan fingerprint density at radius 1 is 1.38 bits per heavy atom. The van der Waals surface area contributed by atoms with Crippen LogP contribution in [0.15, 0.2) is 18.2 Å². The molecule has 1 aromatic heterocycles. The van der Waals surface area contributed by atoms with E-state index in [9.17, 15) is 9.90 Å². The summed E-state index contributed by atoms with van der Waals surface area (Å²) in [5.41, 5.74) is 2.96. The van der Waals surface area contributed by atoms with Crippen LogP contribution in [-0.2, 0) is 19.6 Å². The van der Waals surface area contributed by atoms with Crippen LogP contribution in [0.4, 0.5) is 5.69 Å². The van der Waals surface area contributed by atoms with Crippen LogP contribution in [-0.4, -0.2) is 38.4 Å². The van der Waals surface area contributed by atoms with Crippen molar-refractivity contribution in [3.05, 3.63) is 41.0 Å². The summed E-state index contributed by atoms with van der Waals surface area (Å²) in [5, 5.41) is 24.2. The van der Waals surface area contributed by atoms with Crippen LogP contribution in [0.5, 0.6) is 0 Å². The molecule has 0 spiro atoms. The van der Waals surface area contributed by atoms with Crippen LogP contribution in [0, 0.1) is 0 Å². The number of nitrogens with one attached hydrogen (secondary N) is 2. The molecular formula is C19H25N5O2. The van der Waals surface area contributed by atoms with Gasteiger partial charge in [-0.15, -0.1) is 10.2 Å². The molecule has 4 rings (SSSR count). The molecule has 2 aliphatic rings. The van der Waals surface area contributed by atoms with Gasteiger partial charge in [-0.25, -0.2) is 0 Å². The van der Waals surface area contributed by atoms with Crippen molar-refractivity contribution in [3.8, 4) is 0 Å². The Morgan fingerprint density at radius 2 is 2.23 bits per heavy atom. The van der Waals surface area contributed by atoms with E-state index in [1.165, 1.54) is 5.56 Å². The number of hydrogen-bond donors (Lipinski definition) is 3. The van der Waals surface area contributed by atoms with Crippen molar-refractivity contribution in [2.45, 2.75) is 57.7 Å². The molecule has 26 heavy (non-hydrogen) atoms. The number of rotatable bonds is 5. The number of aryl methyl sites for hydroxylation is 1. The molecule has 1 saturated carbocycles. The van der Waals surface area contributed by atoms with Gasteiger partial charge in [0.25, 0.3) is 5.91 Å². The fraction of sp³-hybridized carbons (Fsp3) is 0.526. The number of aliphatic hydroxyl groups is 1. The lowest BCUT2D eigenvalue weighted by atomic mass is 9.79. The molecular weight excluding hydrogens is 330 g/mol. The number of anilines is 1. The number of carbonyl (C=O) groups is 1. The van der Waals surface area contributed by atoms with Gasteiger partial charge in [0, 0.05) is 25.0 Å². The zero-order valence-electron chi connectivity index (χ0n) is 15.0. The number of fused-ring (bicyclic) bond motifs is 1. The minimum Gasteiger partial charge on any atom is -0.388 e. The van der Waals surface area contributed by atoms with E-state index in [0.717, 1.165) is 55.8 Å². The third-order valence-corrected chi connectivity index (χ3v) is 5.47. The molecule has 138 valence electrons. The Bertz CT molecular complexity index is 810. The van der Waals surface area contributed by atoms with E-state index in [1.807, 2.05) is 23.6 Å². The molecule has 2 heterocycles. The monoisotopic (exact) mass is 355 g/mol. The lowest BCUT2D eigenvalue weighted by molar-refractivity contribution is 0.0907. The van der Waals surface area contributed by atoms with Crippen molar-refractivity contribution < 1.29 is 9.90 Å². The van der Waals surface area contributed by atoms with Gasteiger partial charge in [0.15, 0.2) is 5.82 Å². The van der Waals surface area contributed by atoms with Crippen molar-refractivity contribution >= 4 is 11.6 Å². The summed E-state index contributed by atoms with van der Waals surface area (Å²) >= 11 is 0. The molecule has 1 aliphatic carbocycles. The second kappa shape index (κ2) is 7.07. The number of hydrogen-bond acceptors (Lipinski definition) is 5. The number of amides is 1. The first-order valence-electron chi connectivity index (χ1n) is 9.40. The first kappa shape index (κ1) is 17.0. The second-order valence-corrected chi connectivity index (χ2v) is 7.09. The van der Waals surface area contributed by atoms with Crippen LogP contribution in [0.1, 0.15) is 59.7 Å². The van der Waals surface area contributed by atoms with Crippen molar-refractivity contribution in [1.82, 2.24) is 20.1 Å². The average molecular weight is 355 g/mol. The zero-order chi connectivity index (χ0) is 18.1. The fourth-order valence-corrected chi connectivity index (χ4v) is 4.02. The Hall–Kier alpha value is -2.41. The van der Waals surface area contributed by atoms with E-state index >= 15 is 0 Å². The highest BCUT2D eigenvalue weighted by Gasteiger charge is 2.35. The van der Waals surface area contributed by atoms with E-state index in [-0.39, 0.29) is 24.5 Å². The SMILES string of the molecule is CCn1c(CO)nnc1C1CC(NC(=O)c2cccc3c2NCCC3)C1. The van der Waals surface area contributed by atoms with Gasteiger partial charge in [-0.1, -0.05) is 12.1 Å². The third kappa shape index (κ3) is 2.96. The Kier molecular flexibility index (Phi) is 4.63. The van der Waals surface area contributed by atoms with Gasteiger partial charge < -0.3 is 20.3 Å². The van der Waals surface area contributed by atoms with E-state index in [2.05, 4.69) is 26.9 Å². The highest BCUT2D eigenvalue weighted by atomic mass is 16.3. The molecule has 7 nitrogen and oxygen atoms in total. The summed E-state index contributed by atoms with van der Waals surface area (Å²) in [6.45, 7) is 3.59. The standard InChI is InChI=1S/C19H25N5O2/c1-2-24-16(11-25)22-23-18(24)13-9-14(10-13)21-19(26)15-7-3-5-12-6-4-8-20-17(12)15/h3,5,7,13-14,20,25H,2,4,6,8-11H2,1H3,(H,21,26). The minimum atomic E-state index is -0.0974. The van der Waals surface area contributed by atoms with Gasteiger partial charge in [0.05, 0.1) is 11.3 Å². The summed E-state index contributed by atoms with van der Waals surface area (Å²) in [5.74, 6) is 1.81. The van der Waals surface area contributed by atoms with E-state index in [0.29, 0.717) is 5.82 Å². The number of aromatic nitrogens is 3. The summed E-state index contributed by atoms with van der Waals surface area (Å²) in [7, 11) is 0. The van der Waals surface area contributed by atoms with Crippen molar-refractivity contribution in [2.24, 2.45) is 0 Å².